The molecule has 3 nitrogen and oxygen atoms in total. The SMILES string of the molecule is COC(=O)CCCCCC=C1C(=O)C(Cl)=CC1CCC(C)CCC(Cl)C(C)C. The molecule has 0 radical (unpaired) electrons. The van der Waals surface area contributed by atoms with Gasteiger partial charge in [-0.1, -0.05) is 50.9 Å². The van der Waals surface area contributed by atoms with Gasteiger partial charge in [-0.05, 0) is 56.8 Å². The van der Waals surface area contributed by atoms with Crippen LogP contribution in [0.3, 0.4) is 0 Å². The monoisotopic (exact) mass is 430 g/mol. The Morgan fingerprint density at radius 2 is 1.89 bits per heavy atom. The number of carbonyl (C=O) groups excluding carboxylic acids is 2. The Balaban J connectivity index is 2.41. The van der Waals surface area contributed by atoms with Crippen molar-refractivity contribution >= 4 is 35.0 Å². The number of hydrogen-bond donors (Lipinski definition) is 0. The first-order chi connectivity index (χ1) is 13.3. The van der Waals surface area contributed by atoms with Crippen LogP contribution < -0.4 is 0 Å². The van der Waals surface area contributed by atoms with E-state index < -0.39 is 0 Å². The first-order valence-corrected chi connectivity index (χ1v) is 11.4. The van der Waals surface area contributed by atoms with Crippen LogP contribution in [-0.4, -0.2) is 24.2 Å². The number of Topliss-reactive ketones (excluding diaryl/α,β-unsaturated/α-hetero) is 1. The summed E-state index contributed by atoms with van der Waals surface area (Å²) < 4.78 is 4.64. The van der Waals surface area contributed by atoms with Crippen LogP contribution in [0.4, 0.5) is 0 Å². The van der Waals surface area contributed by atoms with Crippen molar-refractivity contribution in [2.75, 3.05) is 7.11 Å². The van der Waals surface area contributed by atoms with E-state index in [0.717, 1.165) is 56.9 Å². The Morgan fingerprint density at radius 3 is 2.54 bits per heavy atom. The standard InChI is InChI=1S/C23H36Cl2O3/c1-16(2)20(24)14-12-17(3)11-13-18-15-21(25)23(27)19(18)9-7-5-6-8-10-22(26)28-4/h9,15-18,20H,5-8,10-14H2,1-4H3. The molecule has 0 spiro atoms. The molecule has 0 fully saturated rings. The number of allylic oxidation sites excluding steroid dienone is 4. The van der Waals surface area contributed by atoms with Gasteiger partial charge in [0.25, 0.3) is 0 Å². The molecule has 0 bridgehead atoms. The Hall–Kier alpha value is -0.800. The summed E-state index contributed by atoms with van der Waals surface area (Å²) in [4.78, 5) is 23.5. The summed E-state index contributed by atoms with van der Waals surface area (Å²) in [6, 6.07) is 0. The molecular formula is C23H36Cl2O3. The van der Waals surface area contributed by atoms with Gasteiger partial charge < -0.3 is 4.74 Å². The number of hydrogen-bond acceptors (Lipinski definition) is 3. The molecule has 5 heteroatoms. The summed E-state index contributed by atoms with van der Waals surface area (Å²) in [5.74, 6) is 1.04. The quantitative estimate of drug-likeness (QED) is 0.139. The van der Waals surface area contributed by atoms with Crippen LogP contribution in [0.2, 0.25) is 0 Å². The maximum absolute atomic E-state index is 12.4. The molecule has 3 atom stereocenters. The number of carbonyl (C=O) groups is 2. The second-order valence-electron chi connectivity index (χ2n) is 8.31. The van der Waals surface area contributed by atoms with E-state index in [1.807, 2.05) is 6.08 Å². The van der Waals surface area contributed by atoms with Crippen molar-refractivity contribution in [3.63, 3.8) is 0 Å². The third-order valence-corrected chi connectivity index (χ3v) is 6.55. The number of unbranched alkanes of at least 4 members (excludes halogenated alkanes) is 3. The molecule has 0 aromatic carbocycles. The van der Waals surface area contributed by atoms with Crippen LogP contribution >= 0.6 is 23.2 Å². The van der Waals surface area contributed by atoms with Crippen molar-refractivity contribution in [2.24, 2.45) is 17.8 Å². The number of alkyl halides is 1. The number of methoxy groups -OCH3 is 1. The Labute approximate surface area is 180 Å². The maximum Gasteiger partial charge on any atom is 0.305 e. The van der Waals surface area contributed by atoms with E-state index in [1.165, 1.54) is 7.11 Å². The van der Waals surface area contributed by atoms with Gasteiger partial charge in [-0.3, -0.25) is 9.59 Å². The van der Waals surface area contributed by atoms with Crippen LogP contribution in [-0.2, 0) is 14.3 Å². The molecule has 0 aromatic heterocycles. The predicted molar refractivity (Wildman–Crippen MR) is 118 cm³/mol. The number of rotatable bonds is 13. The zero-order valence-electron chi connectivity index (χ0n) is 17.8. The van der Waals surface area contributed by atoms with E-state index in [-0.39, 0.29) is 23.0 Å². The third-order valence-electron chi connectivity index (χ3n) is 5.53. The summed E-state index contributed by atoms with van der Waals surface area (Å²) in [7, 11) is 1.41. The molecular weight excluding hydrogens is 395 g/mol. The van der Waals surface area contributed by atoms with Crippen molar-refractivity contribution in [3.8, 4) is 0 Å². The van der Waals surface area contributed by atoms with Gasteiger partial charge in [0, 0.05) is 23.3 Å². The molecule has 0 amide bonds. The molecule has 160 valence electrons. The number of esters is 1. The largest absolute Gasteiger partial charge is 0.469 e. The van der Waals surface area contributed by atoms with Crippen LogP contribution in [0.15, 0.2) is 22.8 Å². The highest BCUT2D eigenvalue weighted by Crippen LogP contribution is 2.34. The summed E-state index contributed by atoms with van der Waals surface area (Å²) in [6.07, 6.45) is 12.2. The molecule has 0 aromatic rings. The topological polar surface area (TPSA) is 43.4 Å². The maximum atomic E-state index is 12.4. The first kappa shape index (κ1) is 25.2. The second-order valence-corrected chi connectivity index (χ2v) is 9.27. The highest BCUT2D eigenvalue weighted by atomic mass is 35.5. The van der Waals surface area contributed by atoms with Gasteiger partial charge >= 0.3 is 5.97 Å². The minimum atomic E-state index is -0.164. The van der Waals surface area contributed by atoms with Crippen molar-refractivity contribution in [3.05, 3.63) is 22.8 Å². The fourth-order valence-corrected chi connectivity index (χ4v) is 3.85. The lowest BCUT2D eigenvalue weighted by Gasteiger charge is -2.18. The first-order valence-electron chi connectivity index (χ1n) is 10.6. The van der Waals surface area contributed by atoms with Crippen LogP contribution in [0, 0.1) is 17.8 Å². The fraction of sp³-hybridized carbons (Fsp3) is 0.739. The second kappa shape index (κ2) is 13.4. The minimum absolute atomic E-state index is 0.0190. The minimum Gasteiger partial charge on any atom is -0.469 e. The van der Waals surface area contributed by atoms with Gasteiger partial charge in [0.15, 0.2) is 5.78 Å². The Bertz CT molecular complexity index is 566. The zero-order valence-corrected chi connectivity index (χ0v) is 19.3. The molecule has 1 rings (SSSR count). The summed E-state index contributed by atoms with van der Waals surface area (Å²) in [6.45, 7) is 6.58. The van der Waals surface area contributed by atoms with E-state index in [4.69, 9.17) is 23.2 Å². The molecule has 0 N–H and O–H groups in total. The van der Waals surface area contributed by atoms with Gasteiger partial charge in [-0.15, -0.1) is 11.6 Å². The zero-order chi connectivity index (χ0) is 21.1. The van der Waals surface area contributed by atoms with Gasteiger partial charge in [0.2, 0.25) is 0 Å². The van der Waals surface area contributed by atoms with Gasteiger partial charge in [0.05, 0.1) is 12.1 Å². The van der Waals surface area contributed by atoms with Gasteiger partial charge in [0.1, 0.15) is 0 Å². The van der Waals surface area contributed by atoms with E-state index in [9.17, 15) is 9.59 Å². The number of ketones is 1. The lowest BCUT2D eigenvalue weighted by Crippen LogP contribution is -2.10. The number of halogens is 2. The molecule has 0 saturated carbocycles. The van der Waals surface area contributed by atoms with E-state index in [1.54, 1.807) is 0 Å². The average Bonchev–Trinajstić information content (AvgIpc) is 2.94. The third kappa shape index (κ3) is 9.13. The summed E-state index contributed by atoms with van der Waals surface area (Å²) in [5, 5.41) is 0.592. The summed E-state index contributed by atoms with van der Waals surface area (Å²) in [5.41, 5.74) is 0.850. The van der Waals surface area contributed by atoms with Crippen molar-refractivity contribution in [2.45, 2.75) is 83.9 Å². The molecule has 1 aliphatic rings. The number of ether oxygens (including phenoxy) is 1. The average molecular weight is 431 g/mol. The van der Waals surface area contributed by atoms with Crippen molar-refractivity contribution in [1.82, 2.24) is 0 Å². The molecule has 1 aliphatic carbocycles. The lowest BCUT2D eigenvalue weighted by atomic mass is 9.89. The molecule has 0 aliphatic heterocycles. The van der Waals surface area contributed by atoms with Crippen molar-refractivity contribution in [1.29, 1.82) is 0 Å². The fourth-order valence-electron chi connectivity index (χ4n) is 3.47. The normalized spacial score (nSPS) is 20.5. The van der Waals surface area contributed by atoms with Gasteiger partial charge in [-0.2, -0.15) is 0 Å². The van der Waals surface area contributed by atoms with E-state index in [0.29, 0.717) is 23.3 Å². The van der Waals surface area contributed by atoms with Crippen LogP contribution in [0.5, 0.6) is 0 Å². The van der Waals surface area contributed by atoms with Crippen LogP contribution in [0.1, 0.15) is 78.6 Å². The molecule has 0 saturated heterocycles. The highest BCUT2D eigenvalue weighted by molar-refractivity contribution is 6.46. The Morgan fingerprint density at radius 1 is 1.18 bits per heavy atom. The predicted octanol–water partition coefficient (Wildman–Crippen LogP) is 6.82. The van der Waals surface area contributed by atoms with Crippen LogP contribution in [0.25, 0.3) is 0 Å². The lowest BCUT2D eigenvalue weighted by molar-refractivity contribution is -0.140. The van der Waals surface area contributed by atoms with E-state index in [2.05, 4.69) is 31.6 Å². The smallest absolute Gasteiger partial charge is 0.305 e. The molecule has 3 unspecified atom stereocenters. The van der Waals surface area contributed by atoms with E-state index >= 15 is 0 Å². The Kier molecular flexibility index (Phi) is 12.1. The van der Waals surface area contributed by atoms with Gasteiger partial charge in [-0.25, -0.2) is 0 Å². The highest BCUT2D eigenvalue weighted by Gasteiger charge is 2.28. The molecule has 28 heavy (non-hydrogen) atoms. The van der Waals surface area contributed by atoms with Crippen molar-refractivity contribution < 1.29 is 14.3 Å². The summed E-state index contributed by atoms with van der Waals surface area (Å²) >= 11 is 12.5. The molecule has 0 heterocycles.